The van der Waals surface area contributed by atoms with Gasteiger partial charge in [-0.2, -0.15) is 0 Å². The number of hydrogen-bond donors (Lipinski definition) is 0. The van der Waals surface area contributed by atoms with E-state index in [0.29, 0.717) is 5.92 Å². The lowest BCUT2D eigenvalue weighted by molar-refractivity contribution is 0.198. The minimum absolute atomic E-state index is 0.485. The van der Waals surface area contributed by atoms with Crippen LogP contribution in [0.5, 0.6) is 0 Å². The van der Waals surface area contributed by atoms with Crippen molar-refractivity contribution in [2.75, 3.05) is 13.1 Å². The molecule has 0 amide bonds. The molecule has 4 rings (SSSR count). The summed E-state index contributed by atoms with van der Waals surface area (Å²) in [7, 11) is 0. The zero-order valence-electron chi connectivity index (χ0n) is 15.2. The number of piperidine rings is 1. The molecule has 1 aliphatic heterocycles. The van der Waals surface area contributed by atoms with Crippen molar-refractivity contribution in [1.82, 2.24) is 34.2 Å². The number of imidazole rings is 1. The first-order valence-corrected chi connectivity index (χ1v) is 9.33. The lowest BCUT2D eigenvalue weighted by Crippen LogP contribution is -2.33. The molecule has 0 atom stereocenters. The SMILES string of the molecule is CCn1c(Cn2ccnc2)nnc1C1CCN(Cc2ccccn2)CC1. The van der Waals surface area contributed by atoms with E-state index in [1.807, 2.05) is 29.4 Å². The summed E-state index contributed by atoms with van der Waals surface area (Å²) in [5.74, 6) is 2.63. The standard InChI is InChI=1S/C19H25N7/c1-2-26-18(14-25-12-9-20-15-25)22-23-19(26)16-6-10-24(11-7-16)13-17-5-3-4-8-21-17/h3-5,8-9,12,15-16H,2,6-7,10-11,13-14H2,1H3. The number of likely N-dealkylation sites (tertiary alicyclic amines) is 1. The molecule has 0 unspecified atom stereocenters. The number of nitrogens with zero attached hydrogens (tertiary/aromatic N) is 7. The van der Waals surface area contributed by atoms with Crippen molar-refractivity contribution >= 4 is 0 Å². The lowest BCUT2D eigenvalue weighted by atomic mass is 9.95. The van der Waals surface area contributed by atoms with Crippen LogP contribution in [0.3, 0.4) is 0 Å². The second kappa shape index (κ2) is 7.78. The van der Waals surface area contributed by atoms with Gasteiger partial charge in [-0.3, -0.25) is 9.88 Å². The minimum atomic E-state index is 0.485. The third-order valence-electron chi connectivity index (χ3n) is 5.12. The van der Waals surface area contributed by atoms with Gasteiger partial charge in [0, 0.05) is 37.6 Å². The number of pyridine rings is 1. The molecule has 0 saturated carbocycles. The Morgan fingerprint density at radius 3 is 2.65 bits per heavy atom. The Balaban J connectivity index is 1.40. The molecule has 0 N–H and O–H groups in total. The van der Waals surface area contributed by atoms with E-state index in [2.05, 4.69) is 48.7 Å². The topological polar surface area (TPSA) is 64.7 Å². The summed E-state index contributed by atoms with van der Waals surface area (Å²) < 4.78 is 4.31. The fraction of sp³-hybridized carbons (Fsp3) is 0.474. The monoisotopic (exact) mass is 351 g/mol. The lowest BCUT2D eigenvalue weighted by Gasteiger charge is -2.31. The zero-order valence-corrected chi connectivity index (χ0v) is 15.2. The van der Waals surface area contributed by atoms with E-state index >= 15 is 0 Å². The van der Waals surface area contributed by atoms with Crippen LogP contribution in [0.1, 0.15) is 43.0 Å². The highest BCUT2D eigenvalue weighted by molar-refractivity contribution is 5.06. The van der Waals surface area contributed by atoms with Gasteiger partial charge in [0.05, 0.1) is 18.6 Å². The number of rotatable bonds is 6. The van der Waals surface area contributed by atoms with Gasteiger partial charge in [-0.25, -0.2) is 4.98 Å². The quantitative estimate of drug-likeness (QED) is 0.682. The molecule has 0 bridgehead atoms. The van der Waals surface area contributed by atoms with E-state index in [4.69, 9.17) is 0 Å². The van der Waals surface area contributed by atoms with Gasteiger partial charge in [0.15, 0.2) is 5.82 Å². The summed E-state index contributed by atoms with van der Waals surface area (Å²) in [5, 5.41) is 9.01. The van der Waals surface area contributed by atoms with Gasteiger partial charge in [-0.1, -0.05) is 6.07 Å². The van der Waals surface area contributed by atoms with Gasteiger partial charge in [0.1, 0.15) is 5.82 Å². The Kier molecular flexibility index (Phi) is 5.06. The van der Waals surface area contributed by atoms with Gasteiger partial charge in [-0.05, 0) is 45.0 Å². The molecule has 1 saturated heterocycles. The van der Waals surface area contributed by atoms with Crippen LogP contribution in [0.25, 0.3) is 0 Å². The zero-order chi connectivity index (χ0) is 17.8. The van der Waals surface area contributed by atoms with Crippen LogP contribution in [0.4, 0.5) is 0 Å². The van der Waals surface area contributed by atoms with Crippen molar-refractivity contribution in [2.45, 2.75) is 45.3 Å². The average molecular weight is 351 g/mol. The predicted octanol–water partition coefficient (Wildman–Crippen LogP) is 2.32. The van der Waals surface area contributed by atoms with Crippen molar-refractivity contribution in [3.8, 4) is 0 Å². The normalized spacial score (nSPS) is 16.2. The predicted molar refractivity (Wildman–Crippen MR) is 98.5 cm³/mol. The van der Waals surface area contributed by atoms with Gasteiger partial charge >= 0.3 is 0 Å². The van der Waals surface area contributed by atoms with E-state index in [9.17, 15) is 0 Å². The van der Waals surface area contributed by atoms with E-state index in [1.54, 1.807) is 6.20 Å². The smallest absolute Gasteiger partial charge is 0.153 e. The molecule has 1 aliphatic rings. The molecule has 3 aromatic heterocycles. The van der Waals surface area contributed by atoms with E-state index in [1.165, 1.54) is 0 Å². The first-order valence-electron chi connectivity index (χ1n) is 9.33. The first-order chi connectivity index (χ1) is 12.8. The largest absolute Gasteiger partial charge is 0.330 e. The summed E-state index contributed by atoms with van der Waals surface area (Å²) in [4.78, 5) is 11.0. The molecule has 7 heteroatoms. The second-order valence-corrected chi connectivity index (χ2v) is 6.83. The van der Waals surface area contributed by atoms with Crippen molar-refractivity contribution < 1.29 is 0 Å². The molecular weight excluding hydrogens is 326 g/mol. The van der Waals surface area contributed by atoms with Crippen molar-refractivity contribution in [2.24, 2.45) is 0 Å². The fourth-order valence-corrected chi connectivity index (χ4v) is 3.73. The van der Waals surface area contributed by atoms with Gasteiger partial charge in [-0.15, -0.1) is 10.2 Å². The molecule has 0 aliphatic carbocycles. The first kappa shape index (κ1) is 16.9. The van der Waals surface area contributed by atoms with Crippen LogP contribution in [0.2, 0.25) is 0 Å². The Hall–Kier alpha value is -2.54. The summed E-state index contributed by atoms with van der Waals surface area (Å²) in [5.41, 5.74) is 1.14. The molecule has 136 valence electrons. The van der Waals surface area contributed by atoms with Crippen molar-refractivity contribution in [3.63, 3.8) is 0 Å². The molecular formula is C19H25N7. The molecule has 1 fully saturated rings. The Morgan fingerprint density at radius 1 is 1.08 bits per heavy atom. The van der Waals surface area contributed by atoms with Crippen LogP contribution < -0.4 is 0 Å². The third kappa shape index (κ3) is 3.67. The summed E-state index contributed by atoms with van der Waals surface area (Å²) in [6.45, 7) is 6.88. The third-order valence-corrected chi connectivity index (χ3v) is 5.12. The molecule has 0 spiro atoms. The van der Waals surface area contributed by atoms with Crippen LogP contribution >= 0.6 is 0 Å². The molecule has 26 heavy (non-hydrogen) atoms. The van der Waals surface area contributed by atoms with Crippen LogP contribution in [0, 0.1) is 0 Å². The maximum atomic E-state index is 4.55. The van der Waals surface area contributed by atoms with Crippen LogP contribution in [0.15, 0.2) is 43.1 Å². The van der Waals surface area contributed by atoms with E-state index in [-0.39, 0.29) is 0 Å². The second-order valence-electron chi connectivity index (χ2n) is 6.83. The van der Waals surface area contributed by atoms with E-state index in [0.717, 1.165) is 62.9 Å². The van der Waals surface area contributed by atoms with Crippen molar-refractivity contribution in [1.29, 1.82) is 0 Å². The fourth-order valence-electron chi connectivity index (χ4n) is 3.73. The maximum Gasteiger partial charge on any atom is 0.153 e. The van der Waals surface area contributed by atoms with Gasteiger partial charge in [0.2, 0.25) is 0 Å². The molecule has 4 heterocycles. The molecule has 3 aromatic rings. The highest BCUT2D eigenvalue weighted by Gasteiger charge is 2.26. The van der Waals surface area contributed by atoms with E-state index < -0.39 is 0 Å². The van der Waals surface area contributed by atoms with Gasteiger partial charge < -0.3 is 9.13 Å². The summed E-state index contributed by atoms with van der Waals surface area (Å²) in [6.07, 6.45) is 9.69. The Labute approximate surface area is 153 Å². The van der Waals surface area contributed by atoms with Gasteiger partial charge in [0.25, 0.3) is 0 Å². The molecule has 7 nitrogen and oxygen atoms in total. The Bertz CT molecular complexity index is 802. The van der Waals surface area contributed by atoms with Crippen LogP contribution in [-0.4, -0.2) is 47.3 Å². The minimum Gasteiger partial charge on any atom is -0.330 e. The number of aromatic nitrogens is 6. The highest BCUT2D eigenvalue weighted by Crippen LogP contribution is 2.28. The highest BCUT2D eigenvalue weighted by atomic mass is 15.3. The molecule has 0 radical (unpaired) electrons. The summed E-state index contributed by atoms with van der Waals surface area (Å²) >= 11 is 0. The Morgan fingerprint density at radius 2 is 1.96 bits per heavy atom. The van der Waals surface area contributed by atoms with Crippen LogP contribution in [-0.2, 0) is 19.6 Å². The number of hydrogen-bond acceptors (Lipinski definition) is 5. The maximum absolute atomic E-state index is 4.55. The molecule has 0 aromatic carbocycles. The van der Waals surface area contributed by atoms with Crippen molar-refractivity contribution in [3.05, 3.63) is 60.5 Å². The average Bonchev–Trinajstić information content (AvgIpc) is 3.33. The summed E-state index contributed by atoms with van der Waals surface area (Å²) in [6, 6.07) is 6.12.